The van der Waals surface area contributed by atoms with Crippen LogP contribution in [0.15, 0.2) is 18.2 Å². The fourth-order valence-corrected chi connectivity index (χ4v) is 1.63. The molecule has 0 spiro atoms. The lowest BCUT2D eigenvalue weighted by Crippen LogP contribution is -1.89. The average Bonchev–Trinajstić information content (AvgIpc) is 2.59. The highest BCUT2D eigenvalue weighted by molar-refractivity contribution is 5.85. The van der Waals surface area contributed by atoms with E-state index in [9.17, 15) is 0 Å². The molecule has 1 heterocycles. The third-order valence-electron chi connectivity index (χ3n) is 2.45. The number of aromatic nitrogens is 2. The second-order valence-electron chi connectivity index (χ2n) is 3.77. The van der Waals surface area contributed by atoms with E-state index in [1.807, 2.05) is 19.2 Å². The molecule has 3 nitrogen and oxygen atoms in total. The highest BCUT2D eigenvalue weighted by atomic mass is 15.1. The van der Waals surface area contributed by atoms with E-state index in [0.29, 0.717) is 5.92 Å². The van der Waals surface area contributed by atoms with Crippen LogP contribution in [0.25, 0.3) is 10.9 Å². The Labute approximate surface area is 83.5 Å². The van der Waals surface area contributed by atoms with Crippen molar-refractivity contribution in [2.75, 3.05) is 12.4 Å². The van der Waals surface area contributed by atoms with Crippen LogP contribution in [0.1, 0.15) is 25.5 Å². The van der Waals surface area contributed by atoms with Crippen molar-refractivity contribution < 1.29 is 0 Å². The molecule has 0 saturated carbocycles. The van der Waals surface area contributed by atoms with Gasteiger partial charge in [-0.1, -0.05) is 13.8 Å². The lowest BCUT2D eigenvalue weighted by Gasteiger charge is -2.03. The molecule has 0 aliphatic carbocycles. The number of aromatic amines is 1. The van der Waals surface area contributed by atoms with E-state index in [4.69, 9.17) is 0 Å². The summed E-state index contributed by atoms with van der Waals surface area (Å²) in [5, 5.41) is 11.7. The van der Waals surface area contributed by atoms with Gasteiger partial charge < -0.3 is 5.32 Å². The number of fused-ring (bicyclic) bond motifs is 1. The van der Waals surface area contributed by atoms with Crippen molar-refractivity contribution in [2.45, 2.75) is 19.8 Å². The van der Waals surface area contributed by atoms with E-state index < -0.39 is 0 Å². The lowest BCUT2D eigenvalue weighted by atomic mass is 10.1. The zero-order valence-corrected chi connectivity index (χ0v) is 8.76. The van der Waals surface area contributed by atoms with Crippen LogP contribution in [0.4, 0.5) is 5.69 Å². The maximum Gasteiger partial charge on any atom is 0.0925 e. The molecule has 0 saturated heterocycles. The number of H-pyrrole nitrogens is 1. The summed E-state index contributed by atoms with van der Waals surface area (Å²) in [5.41, 5.74) is 3.37. The molecular weight excluding hydrogens is 174 g/mol. The Morgan fingerprint density at radius 2 is 2.14 bits per heavy atom. The Bertz CT molecular complexity index is 443. The molecule has 74 valence electrons. The summed E-state index contributed by atoms with van der Waals surface area (Å²) >= 11 is 0. The topological polar surface area (TPSA) is 40.7 Å². The summed E-state index contributed by atoms with van der Waals surface area (Å²) in [6, 6.07) is 6.20. The zero-order chi connectivity index (χ0) is 10.1. The number of nitrogens with zero attached hydrogens (tertiary/aromatic N) is 1. The second kappa shape index (κ2) is 3.33. The van der Waals surface area contributed by atoms with Crippen LogP contribution in [0, 0.1) is 0 Å². The first-order chi connectivity index (χ1) is 6.72. The van der Waals surface area contributed by atoms with Gasteiger partial charge in [0.05, 0.1) is 5.52 Å². The van der Waals surface area contributed by atoms with Gasteiger partial charge in [-0.15, -0.1) is 0 Å². The highest BCUT2D eigenvalue weighted by Crippen LogP contribution is 2.25. The monoisotopic (exact) mass is 189 g/mol. The van der Waals surface area contributed by atoms with Crippen molar-refractivity contribution in [3.8, 4) is 0 Å². The van der Waals surface area contributed by atoms with Gasteiger partial charge in [-0.2, -0.15) is 5.10 Å². The van der Waals surface area contributed by atoms with Crippen LogP contribution in [-0.4, -0.2) is 17.2 Å². The van der Waals surface area contributed by atoms with Crippen LogP contribution in [-0.2, 0) is 0 Å². The Morgan fingerprint density at radius 3 is 2.79 bits per heavy atom. The summed E-state index contributed by atoms with van der Waals surface area (Å²) in [4.78, 5) is 0. The number of benzene rings is 1. The van der Waals surface area contributed by atoms with Gasteiger partial charge >= 0.3 is 0 Å². The first-order valence-electron chi connectivity index (χ1n) is 4.88. The van der Waals surface area contributed by atoms with Gasteiger partial charge in [0.25, 0.3) is 0 Å². The van der Waals surface area contributed by atoms with Crippen LogP contribution < -0.4 is 5.32 Å². The van der Waals surface area contributed by atoms with Crippen LogP contribution >= 0.6 is 0 Å². The highest BCUT2D eigenvalue weighted by Gasteiger charge is 2.08. The summed E-state index contributed by atoms with van der Waals surface area (Å²) in [6.07, 6.45) is 0. The van der Waals surface area contributed by atoms with Crippen LogP contribution in [0.5, 0.6) is 0 Å². The fourth-order valence-electron chi connectivity index (χ4n) is 1.63. The molecule has 0 bridgehead atoms. The number of hydrogen-bond donors (Lipinski definition) is 2. The summed E-state index contributed by atoms with van der Waals surface area (Å²) < 4.78 is 0. The molecule has 0 atom stereocenters. The average molecular weight is 189 g/mol. The first kappa shape index (κ1) is 9.06. The molecule has 2 aromatic rings. The minimum atomic E-state index is 0.479. The standard InChI is InChI=1S/C11H15N3/c1-7(2)11-9-6-8(12-3)4-5-10(9)13-14-11/h4-7,12H,1-3H3,(H,13,14). The Balaban J connectivity index is 2.63. The maximum absolute atomic E-state index is 4.26. The number of anilines is 1. The van der Waals surface area contributed by atoms with E-state index in [1.54, 1.807) is 0 Å². The minimum Gasteiger partial charge on any atom is -0.388 e. The molecule has 14 heavy (non-hydrogen) atoms. The number of nitrogens with one attached hydrogen (secondary N) is 2. The molecule has 3 heteroatoms. The van der Waals surface area contributed by atoms with Gasteiger partial charge in [-0.05, 0) is 24.1 Å². The van der Waals surface area contributed by atoms with Crippen molar-refractivity contribution in [1.29, 1.82) is 0 Å². The predicted octanol–water partition coefficient (Wildman–Crippen LogP) is 2.73. The van der Waals surface area contributed by atoms with Crippen molar-refractivity contribution in [3.05, 3.63) is 23.9 Å². The largest absolute Gasteiger partial charge is 0.388 e. The van der Waals surface area contributed by atoms with E-state index in [2.05, 4.69) is 35.4 Å². The quantitative estimate of drug-likeness (QED) is 0.762. The van der Waals surface area contributed by atoms with E-state index in [-0.39, 0.29) is 0 Å². The zero-order valence-electron chi connectivity index (χ0n) is 8.76. The first-order valence-corrected chi connectivity index (χ1v) is 4.88. The van der Waals surface area contributed by atoms with Crippen molar-refractivity contribution in [1.82, 2.24) is 10.2 Å². The van der Waals surface area contributed by atoms with Gasteiger partial charge in [0.1, 0.15) is 0 Å². The molecule has 0 aliphatic rings. The van der Waals surface area contributed by atoms with E-state index >= 15 is 0 Å². The Hall–Kier alpha value is -1.51. The van der Waals surface area contributed by atoms with Crippen molar-refractivity contribution in [2.24, 2.45) is 0 Å². The van der Waals surface area contributed by atoms with Crippen LogP contribution in [0.3, 0.4) is 0 Å². The third-order valence-corrected chi connectivity index (χ3v) is 2.45. The Morgan fingerprint density at radius 1 is 1.36 bits per heavy atom. The Kier molecular flexibility index (Phi) is 2.15. The van der Waals surface area contributed by atoms with E-state index in [0.717, 1.165) is 11.2 Å². The van der Waals surface area contributed by atoms with Crippen LogP contribution in [0.2, 0.25) is 0 Å². The lowest BCUT2D eigenvalue weighted by molar-refractivity contribution is 0.818. The summed E-state index contributed by atoms with van der Waals surface area (Å²) in [6.45, 7) is 4.33. The molecule has 0 fully saturated rings. The third kappa shape index (κ3) is 1.35. The van der Waals surface area contributed by atoms with Crippen molar-refractivity contribution in [3.63, 3.8) is 0 Å². The number of hydrogen-bond acceptors (Lipinski definition) is 2. The molecule has 0 aliphatic heterocycles. The molecule has 0 unspecified atom stereocenters. The van der Waals surface area contributed by atoms with Gasteiger partial charge in [0.15, 0.2) is 0 Å². The van der Waals surface area contributed by atoms with Gasteiger partial charge in [-0.3, -0.25) is 5.10 Å². The molecule has 1 aromatic heterocycles. The molecule has 0 radical (unpaired) electrons. The smallest absolute Gasteiger partial charge is 0.0925 e. The van der Waals surface area contributed by atoms with Crippen molar-refractivity contribution >= 4 is 16.6 Å². The second-order valence-corrected chi connectivity index (χ2v) is 3.77. The summed E-state index contributed by atoms with van der Waals surface area (Å²) in [7, 11) is 1.93. The van der Waals surface area contributed by atoms with Gasteiger partial charge in [0.2, 0.25) is 0 Å². The molecule has 1 aromatic carbocycles. The predicted molar refractivity (Wildman–Crippen MR) is 59.7 cm³/mol. The SMILES string of the molecule is CNc1ccc2n[nH]c(C(C)C)c2c1. The molecule has 2 rings (SSSR count). The van der Waals surface area contributed by atoms with E-state index in [1.165, 1.54) is 11.1 Å². The molecule has 0 amide bonds. The minimum absolute atomic E-state index is 0.479. The van der Waals surface area contributed by atoms with Gasteiger partial charge in [0, 0.05) is 23.8 Å². The molecular formula is C11H15N3. The normalized spacial score (nSPS) is 11.1. The molecule has 2 N–H and O–H groups in total. The fraction of sp³-hybridized carbons (Fsp3) is 0.364. The number of rotatable bonds is 2. The summed E-state index contributed by atoms with van der Waals surface area (Å²) in [5.74, 6) is 0.479. The maximum atomic E-state index is 4.26. The van der Waals surface area contributed by atoms with Gasteiger partial charge in [-0.25, -0.2) is 0 Å².